The van der Waals surface area contributed by atoms with Crippen LogP contribution in [0.4, 0.5) is 5.69 Å². The van der Waals surface area contributed by atoms with E-state index in [1.54, 1.807) is 11.3 Å². The van der Waals surface area contributed by atoms with Crippen LogP contribution in [0.1, 0.15) is 21.2 Å². The molecule has 0 aliphatic carbocycles. The number of carbonyl (C=O) groups is 1. The molecule has 0 radical (unpaired) electrons. The Kier molecular flexibility index (Phi) is 2.86. The first kappa shape index (κ1) is 10.6. The Morgan fingerprint density at radius 3 is 3.06 bits per heavy atom. The molecule has 4 N–H and O–H groups in total. The molecule has 2 heterocycles. The second-order valence-corrected chi connectivity index (χ2v) is 4.30. The van der Waals surface area contributed by atoms with Gasteiger partial charge in [0, 0.05) is 5.38 Å². The van der Waals surface area contributed by atoms with Gasteiger partial charge in [-0.15, -0.1) is 11.3 Å². The van der Waals surface area contributed by atoms with Crippen molar-refractivity contribution in [3.05, 3.63) is 28.0 Å². The maximum Gasteiger partial charge on any atom is 0.271 e. The second-order valence-electron chi connectivity index (χ2n) is 3.24. The van der Waals surface area contributed by atoms with Gasteiger partial charge in [0.05, 0.1) is 29.1 Å². The number of nitrogens with zero attached hydrogens (tertiary/aromatic N) is 2. The predicted octanol–water partition coefficient (Wildman–Crippen LogP) is 0.687. The third-order valence-electron chi connectivity index (χ3n) is 1.99. The number of H-pyrrole nitrogens is 1. The number of nitrogens with one attached hydrogen (secondary N) is 2. The van der Waals surface area contributed by atoms with E-state index in [0.29, 0.717) is 12.2 Å². The summed E-state index contributed by atoms with van der Waals surface area (Å²) < 4.78 is 0. The Bertz CT molecular complexity index is 503. The number of anilines is 1. The Balaban J connectivity index is 1.96. The minimum atomic E-state index is -0.277. The van der Waals surface area contributed by atoms with Gasteiger partial charge in [-0.05, 0) is 6.92 Å². The Morgan fingerprint density at radius 2 is 2.50 bits per heavy atom. The van der Waals surface area contributed by atoms with Crippen molar-refractivity contribution in [3.8, 4) is 0 Å². The van der Waals surface area contributed by atoms with Crippen molar-refractivity contribution in [2.75, 3.05) is 5.73 Å². The van der Waals surface area contributed by atoms with Crippen LogP contribution in [-0.2, 0) is 6.54 Å². The number of aryl methyl sites for hydroxylation is 1. The molecule has 0 spiro atoms. The van der Waals surface area contributed by atoms with E-state index in [4.69, 9.17) is 5.73 Å². The highest BCUT2D eigenvalue weighted by Gasteiger charge is 2.11. The van der Waals surface area contributed by atoms with Crippen LogP contribution in [0.15, 0.2) is 11.6 Å². The van der Waals surface area contributed by atoms with Gasteiger partial charge in [0.15, 0.2) is 0 Å². The first-order valence-electron chi connectivity index (χ1n) is 4.65. The van der Waals surface area contributed by atoms with Crippen LogP contribution in [-0.4, -0.2) is 21.1 Å². The molecule has 0 aromatic carbocycles. The monoisotopic (exact) mass is 237 g/mol. The first-order chi connectivity index (χ1) is 7.66. The van der Waals surface area contributed by atoms with E-state index in [0.717, 1.165) is 10.7 Å². The normalized spacial score (nSPS) is 10.3. The standard InChI is InChI=1S/C9H11N5OS/c1-5-13-6(4-16-5)2-11-9(15)8-7(10)3-12-14-8/h3-4H,2,10H2,1H3,(H,11,15)(H,12,14). The van der Waals surface area contributed by atoms with Crippen LogP contribution in [0.5, 0.6) is 0 Å². The summed E-state index contributed by atoms with van der Waals surface area (Å²) in [6, 6.07) is 0. The van der Waals surface area contributed by atoms with E-state index in [9.17, 15) is 4.79 Å². The second kappa shape index (κ2) is 4.31. The molecule has 0 fully saturated rings. The Hall–Kier alpha value is -1.89. The summed E-state index contributed by atoms with van der Waals surface area (Å²) in [5.41, 5.74) is 7.01. The van der Waals surface area contributed by atoms with Gasteiger partial charge < -0.3 is 11.1 Å². The number of nitrogens with two attached hydrogens (primary N) is 1. The van der Waals surface area contributed by atoms with Crippen molar-refractivity contribution in [2.24, 2.45) is 0 Å². The molecule has 0 saturated heterocycles. The van der Waals surface area contributed by atoms with Gasteiger partial charge in [0.25, 0.3) is 5.91 Å². The Labute approximate surface area is 95.9 Å². The largest absolute Gasteiger partial charge is 0.396 e. The van der Waals surface area contributed by atoms with E-state index in [2.05, 4.69) is 20.5 Å². The molecule has 2 rings (SSSR count). The lowest BCUT2D eigenvalue weighted by atomic mass is 10.3. The first-order valence-corrected chi connectivity index (χ1v) is 5.53. The van der Waals surface area contributed by atoms with Crippen molar-refractivity contribution in [1.82, 2.24) is 20.5 Å². The minimum absolute atomic E-state index is 0.277. The zero-order chi connectivity index (χ0) is 11.5. The number of hydrogen-bond donors (Lipinski definition) is 3. The molecule has 0 atom stereocenters. The molecule has 16 heavy (non-hydrogen) atoms. The van der Waals surface area contributed by atoms with Gasteiger partial charge in [-0.1, -0.05) is 0 Å². The molecule has 0 aliphatic heterocycles. The third kappa shape index (κ3) is 2.19. The Morgan fingerprint density at radius 1 is 1.69 bits per heavy atom. The van der Waals surface area contributed by atoms with Crippen molar-refractivity contribution in [1.29, 1.82) is 0 Å². The van der Waals surface area contributed by atoms with Gasteiger partial charge >= 0.3 is 0 Å². The number of carbonyl (C=O) groups excluding carboxylic acids is 1. The molecule has 1 amide bonds. The minimum Gasteiger partial charge on any atom is -0.396 e. The van der Waals surface area contributed by atoms with Crippen LogP contribution >= 0.6 is 11.3 Å². The highest BCUT2D eigenvalue weighted by molar-refractivity contribution is 7.09. The van der Waals surface area contributed by atoms with Crippen LogP contribution < -0.4 is 11.1 Å². The summed E-state index contributed by atoms with van der Waals surface area (Å²) in [4.78, 5) is 15.9. The highest BCUT2D eigenvalue weighted by atomic mass is 32.1. The number of aromatic nitrogens is 3. The molecule has 2 aromatic heterocycles. The van der Waals surface area contributed by atoms with E-state index in [1.807, 2.05) is 12.3 Å². The van der Waals surface area contributed by atoms with Crippen LogP contribution in [0.3, 0.4) is 0 Å². The molecule has 0 aliphatic rings. The van der Waals surface area contributed by atoms with Crippen molar-refractivity contribution in [2.45, 2.75) is 13.5 Å². The topological polar surface area (TPSA) is 96.7 Å². The van der Waals surface area contributed by atoms with Gasteiger partial charge in [-0.2, -0.15) is 5.10 Å². The van der Waals surface area contributed by atoms with E-state index >= 15 is 0 Å². The fourth-order valence-electron chi connectivity index (χ4n) is 1.23. The molecule has 2 aromatic rings. The summed E-state index contributed by atoms with van der Waals surface area (Å²) in [6.07, 6.45) is 1.40. The zero-order valence-corrected chi connectivity index (χ0v) is 9.47. The average Bonchev–Trinajstić information content (AvgIpc) is 2.84. The number of nitrogen functional groups attached to an aromatic ring is 1. The maximum atomic E-state index is 11.6. The van der Waals surface area contributed by atoms with Crippen molar-refractivity contribution in [3.63, 3.8) is 0 Å². The fraction of sp³-hybridized carbons (Fsp3) is 0.222. The van der Waals surface area contributed by atoms with Crippen LogP contribution in [0.25, 0.3) is 0 Å². The molecule has 0 unspecified atom stereocenters. The summed E-state index contributed by atoms with van der Waals surface area (Å²) in [6.45, 7) is 2.31. The summed E-state index contributed by atoms with van der Waals surface area (Å²) in [7, 11) is 0. The fourth-order valence-corrected chi connectivity index (χ4v) is 1.84. The number of amides is 1. The molecule has 84 valence electrons. The lowest BCUT2D eigenvalue weighted by molar-refractivity contribution is 0.0946. The number of rotatable bonds is 3. The van der Waals surface area contributed by atoms with E-state index in [1.165, 1.54) is 6.20 Å². The van der Waals surface area contributed by atoms with Gasteiger partial charge in [0.2, 0.25) is 0 Å². The van der Waals surface area contributed by atoms with Gasteiger partial charge in [-0.25, -0.2) is 4.98 Å². The highest BCUT2D eigenvalue weighted by Crippen LogP contribution is 2.09. The number of aromatic amines is 1. The molecule has 6 nitrogen and oxygen atoms in total. The predicted molar refractivity (Wildman–Crippen MR) is 61.0 cm³/mol. The lowest BCUT2D eigenvalue weighted by Crippen LogP contribution is -2.24. The van der Waals surface area contributed by atoms with Gasteiger partial charge in [0.1, 0.15) is 5.69 Å². The quantitative estimate of drug-likeness (QED) is 0.731. The van der Waals surface area contributed by atoms with Crippen LogP contribution in [0, 0.1) is 6.92 Å². The van der Waals surface area contributed by atoms with E-state index in [-0.39, 0.29) is 11.6 Å². The van der Waals surface area contributed by atoms with Crippen LogP contribution in [0.2, 0.25) is 0 Å². The summed E-state index contributed by atoms with van der Waals surface area (Å²) in [5, 5.41) is 11.8. The van der Waals surface area contributed by atoms with Gasteiger partial charge in [-0.3, -0.25) is 9.89 Å². The smallest absolute Gasteiger partial charge is 0.271 e. The van der Waals surface area contributed by atoms with Crippen molar-refractivity contribution >= 4 is 22.9 Å². The maximum absolute atomic E-state index is 11.6. The SMILES string of the molecule is Cc1nc(CNC(=O)c2[nH]ncc2N)cs1. The third-order valence-corrected chi connectivity index (χ3v) is 2.81. The number of hydrogen-bond acceptors (Lipinski definition) is 5. The molecular weight excluding hydrogens is 226 g/mol. The molecular formula is C9H11N5OS. The molecule has 0 bridgehead atoms. The summed E-state index contributed by atoms with van der Waals surface area (Å²) in [5.74, 6) is -0.277. The lowest BCUT2D eigenvalue weighted by Gasteiger charge is -2.01. The number of thiazole rings is 1. The summed E-state index contributed by atoms with van der Waals surface area (Å²) >= 11 is 1.55. The van der Waals surface area contributed by atoms with Crippen molar-refractivity contribution < 1.29 is 4.79 Å². The average molecular weight is 237 g/mol. The zero-order valence-electron chi connectivity index (χ0n) is 8.65. The van der Waals surface area contributed by atoms with E-state index < -0.39 is 0 Å². The molecule has 7 heteroatoms. The molecule has 0 saturated carbocycles.